The molecule has 0 aromatic heterocycles. The lowest BCUT2D eigenvalue weighted by molar-refractivity contribution is -0.116. The van der Waals surface area contributed by atoms with Crippen molar-refractivity contribution in [3.05, 3.63) is 23.3 Å². The third-order valence-corrected chi connectivity index (χ3v) is 6.43. The summed E-state index contributed by atoms with van der Waals surface area (Å²) in [6.07, 6.45) is 6.46. The first-order valence-electron chi connectivity index (χ1n) is 7.23. The Hall–Kier alpha value is -0.550. The highest BCUT2D eigenvalue weighted by Crippen LogP contribution is 2.55. The summed E-state index contributed by atoms with van der Waals surface area (Å²) in [4.78, 5) is 37.5. The largest absolute Gasteiger partial charge is 0.340 e. The van der Waals surface area contributed by atoms with E-state index in [0.29, 0.717) is 6.42 Å². The van der Waals surface area contributed by atoms with E-state index in [0.717, 1.165) is 30.4 Å². The van der Waals surface area contributed by atoms with Crippen molar-refractivity contribution in [2.24, 2.45) is 0 Å². The van der Waals surface area contributed by atoms with Gasteiger partial charge < -0.3 is 24.0 Å². The Kier molecular flexibility index (Phi) is 10.1. The zero-order chi connectivity index (χ0) is 18.1. The summed E-state index contributed by atoms with van der Waals surface area (Å²) in [7, 11) is -8.87. The molecule has 0 aromatic rings. The molecule has 0 fully saturated rings. The van der Waals surface area contributed by atoms with E-state index in [1.54, 1.807) is 13.0 Å². The Morgan fingerprint density at radius 2 is 1.52 bits per heavy atom. The average molecular weight is 368 g/mol. The molecule has 134 valence electrons. The van der Waals surface area contributed by atoms with Crippen LogP contribution in [-0.4, -0.2) is 33.0 Å². The van der Waals surface area contributed by atoms with Crippen molar-refractivity contribution in [2.75, 3.05) is 12.5 Å². The Morgan fingerprint density at radius 1 is 0.957 bits per heavy atom. The second-order valence-electron chi connectivity index (χ2n) is 5.58. The molecule has 1 atom stereocenters. The van der Waals surface area contributed by atoms with E-state index in [4.69, 9.17) is 9.79 Å². The molecule has 0 bridgehead atoms. The fourth-order valence-electron chi connectivity index (χ4n) is 1.69. The van der Waals surface area contributed by atoms with Crippen molar-refractivity contribution >= 4 is 21.0 Å². The predicted molar refractivity (Wildman–Crippen MR) is 89.4 cm³/mol. The molecule has 0 heterocycles. The summed E-state index contributed by atoms with van der Waals surface area (Å²) in [5.41, 5.74) is 2.09. The van der Waals surface area contributed by atoms with E-state index < -0.39 is 21.1 Å². The Bertz CT molecular complexity index is 545. The summed E-state index contributed by atoms with van der Waals surface area (Å²) in [6.45, 7) is 5.20. The molecular weight excluding hydrogens is 342 g/mol. The maximum atomic E-state index is 11.4. The Morgan fingerprint density at radius 3 is 2.04 bits per heavy atom. The topological polar surface area (TPSA) is 121 Å². The summed E-state index contributed by atoms with van der Waals surface area (Å²) in [5, 5.41) is 0. The van der Waals surface area contributed by atoms with Crippen molar-refractivity contribution in [3.63, 3.8) is 0 Å². The number of ketones is 1. The highest BCUT2D eigenvalue weighted by atomic mass is 31.2. The molecule has 0 spiro atoms. The molecule has 0 aromatic carbocycles. The second kappa shape index (κ2) is 10.3. The van der Waals surface area contributed by atoms with Crippen LogP contribution in [0.25, 0.3) is 0 Å². The third-order valence-electron chi connectivity index (χ3n) is 2.97. The van der Waals surface area contributed by atoms with Gasteiger partial charge in [-0.3, -0.25) is 9.13 Å². The van der Waals surface area contributed by atoms with Gasteiger partial charge >= 0.3 is 15.2 Å². The molecule has 9 heteroatoms. The maximum absolute atomic E-state index is 11.4. The van der Waals surface area contributed by atoms with Crippen molar-refractivity contribution in [1.29, 1.82) is 0 Å². The lowest BCUT2D eigenvalue weighted by atomic mass is 10.1. The Labute approximate surface area is 137 Å². The van der Waals surface area contributed by atoms with Gasteiger partial charge in [0, 0.05) is 6.42 Å². The highest BCUT2D eigenvalue weighted by Gasteiger charge is 2.30. The molecule has 0 saturated carbocycles. The molecule has 0 aliphatic carbocycles. The Balaban J connectivity index is 4.18. The monoisotopic (exact) mass is 368 g/mol. The van der Waals surface area contributed by atoms with Crippen LogP contribution in [0.2, 0.25) is 0 Å². The first-order valence-corrected chi connectivity index (χ1v) is 10.8. The van der Waals surface area contributed by atoms with Gasteiger partial charge in [-0.1, -0.05) is 23.3 Å². The minimum absolute atomic E-state index is 0.162. The predicted octanol–water partition coefficient (Wildman–Crippen LogP) is 3.37. The fraction of sp³-hybridized carbons (Fsp3) is 0.643. The lowest BCUT2D eigenvalue weighted by Crippen LogP contribution is -1.96. The third kappa shape index (κ3) is 14.8. The van der Waals surface area contributed by atoms with Gasteiger partial charge in [-0.25, -0.2) is 0 Å². The summed E-state index contributed by atoms with van der Waals surface area (Å²) in [6, 6.07) is 0. The number of rotatable bonds is 11. The minimum Gasteiger partial charge on any atom is -0.324 e. The van der Waals surface area contributed by atoms with E-state index >= 15 is 0 Å². The van der Waals surface area contributed by atoms with Gasteiger partial charge in [0.25, 0.3) is 0 Å². The van der Waals surface area contributed by atoms with Crippen molar-refractivity contribution < 1.29 is 33.1 Å². The number of hydrogen-bond acceptors (Lipinski definition) is 4. The van der Waals surface area contributed by atoms with Gasteiger partial charge in [0.2, 0.25) is 0 Å². The van der Waals surface area contributed by atoms with Crippen LogP contribution in [0.15, 0.2) is 23.3 Å². The molecule has 0 radical (unpaired) electrons. The first kappa shape index (κ1) is 22.4. The highest BCUT2D eigenvalue weighted by molar-refractivity contribution is 7.70. The van der Waals surface area contributed by atoms with Gasteiger partial charge in [-0.05, 0) is 40.0 Å². The van der Waals surface area contributed by atoms with E-state index in [1.165, 1.54) is 0 Å². The molecule has 23 heavy (non-hydrogen) atoms. The quantitative estimate of drug-likeness (QED) is 0.378. The first-order chi connectivity index (χ1) is 10.4. The molecule has 7 nitrogen and oxygen atoms in total. The van der Waals surface area contributed by atoms with Crippen LogP contribution in [0, 0.1) is 0 Å². The number of carbonyl (C=O) groups is 1. The van der Waals surface area contributed by atoms with Crippen LogP contribution in [0.4, 0.5) is 0 Å². The number of hydrogen-bond donors (Lipinski definition) is 3. The van der Waals surface area contributed by atoms with Crippen LogP contribution < -0.4 is 0 Å². The van der Waals surface area contributed by atoms with Gasteiger partial charge in [0.1, 0.15) is 5.78 Å². The van der Waals surface area contributed by atoms with Crippen molar-refractivity contribution in [1.82, 2.24) is 0 Å². The smallest absolute Gasteiger partial charge is 0.324 e. The summed E-state index contributed by atoms with van der Waals surface area (Å²) >= 11 is 0. The number of allylic oxidation sites excluding steroid dienone is 3. The van der Waals surface area contributed by atoms with E-state index in [9.17, 15) is 18.8 Å². The minimum atomic E-state index is -4.58. The van der Waals surface area contributed by atoms with E-state index in [2.05, 4.69) is 4.52 Å². The normalized spacial score (nSPS) is 16.3. The summed E-state index contributed by atoms with van der Waals surface area (Å²) in [5.74, 6) is -1.01. The van der Waals surface area contributed by atoms with Gasteiger partial charge in [0.15, 0.2) is 5.90 Å². The zero-order valence-electron chi connectivity index (χ0n) is 13.8. The van der Waals surface area contributed by atoms with Gasteiger partial charge in [-0.15, -0.1) is 0 Å². The van der Waals surface area contributed by atoms with Crippen molar-refractivity contribution in [2.45, 2.75) is 46.5 Å². The summed E-state index contributed by atoms with van der Waals surface area (Å²) < 4.78 is 26.8. The molecule has 0 rings (SSSR count). The van der Waals surface area contributed by atoms with Crippen molar-refractivity contribution in [3.8, 4) is 0 Å². The lowest BCUT2D eigenvalue weighted by Gasteiger charge is -2.11. The molecule has 0 amide bonds. The standard InChI is InChI=1S/C14H26O7P2/c1-12(7-8-14(3)15)5-4-6-13(2)9-10-21-23(19,20)11-22(16,17)18/h5,9H,4,6-8,10-11H2,1-3H3,(H,19,20)(H2,16,17,18)/b12-5+,13-9+. The average Bonchev–Trinajstić information content (AvgIpc) is 2.33. The van der Waals surface area contributed by atoms with Crippen LogP contribution in [-0.2, 0) is 18.4 Å². The number of Topliss-reactive ketones (excluding diaryl/α,β-unsaturated/α-hetero) is 1. The molecule has 1 unspecified atom stereocenters. The number of carbonyl (C=O) groups excluding carboxylic acids is 1. The van der Waals surface area contributed by atoms with Crippen LogP contribution >= 0.6 is 15.2 Å². The fourth-order valence-corrected chi connectivity index (χ4v) is 4.19. The second-order valence-corrected chi connectivity index (χ2v) is 9.57. The molecule has 0 aliphatic heterocycles. The van der Waals surface area contributed by atoms with Crippen LogP contribution in [0.5, 0.6) is 0 Å². The molecule has 3 N–H and O–H groups in total. The van der Waals surface area contributed by atoms with Crippen LogP contribution in [0.1, 0.15) is 46.5 Å². The molecule has 0 aliphatic rings. The molecular formula is C14H26O7P2. The molecule has 0 saturated heterocycles. The SMILES string of the molecule is CC(=O)CC/C(C)=C/CC/C(C)=C/COP(=O)(O)CP(=O)(O)O. The van der Waals surface area contributed by atoms with Gasteiger partial charge in [-0.2, -0.15) is 0 Å². The maximum Gasteiger partial charge on any atom is 0.340 e. The van der Waals surface area contributed by atoms with Gasteiger partial charge in [0.05, 0.1) is 6.61 Å². The van der Waals surface area contributed by atoms with E-state index in [-0.39, 0.29) is 12.4 Å². The van der Waals surface area contributed by atoms with Crippen LogP contribution in [0.3, 0.4) is 0 Å². The zero-order valence-corrected chi connectivity index (χ0v) is 15.6. The van der Waals surface area contributed by atoms with E-state index in [1.807, 2.05) is 19.9 Å².